The first-order valence-electron chi connectivity index (χ1n) is 6.13. The van der Waals surface area contributed by atoms with Crippen LogP contribution < -0.4 is 11.5 Å². The van der Waals surface area contributed by atoms with Gasteiger partial charge in [0.25, 0.3) is 21.5 Å². The van der Waals surface area contributed by atoms with E-state index in [1.165, 1.54) is 0 Å². The molecule has 2 amide bonds. The van der Waals surface area contributed by atoms with Crippen LogP contribution in [0.5, 0.6) is 0 Å². The molecule has 0 aromatic rings. The molecule has 22 heavy (non-hydrogen) atoms. The molecule has 11 heteroatoms. The molecule has 0 heterocycles. The predicted molar refractivity (Wildman–Crippen MR) is 82.3 cm³/mol. The second-order valence-corrected chi connectivity index (χ2v) is 5.52. The second-order valence-electron chi connectivity index (χ2n) is 4.02. The van der Waals surface area contributed by atoms with Gasteiger partial charge in [0, 0.05) is 26.0 Å². The van der Waals surface area contributed by atoms with E-state index in [1.54, 1.807) is 6.92 Å². The zero-order valence-electron chi connectivity index (χ0n) is 12.1. The lowest BCUT2D eigenvalue weighted by molar-refractivity contribution is -0.162. The van der Waals surface area contributed by atoms with Crippen LogP contribution >= 0.6 is 21.5 Å². The van der Waals surface area contributed by atoms with E-state index >= 15 is 0 Å². The molecule has 0 rings (SSSR count). The topological polar surface area (TPSA) is 165 Å². The Hall–Kier alpha value is -1.15. The fourth-order valence-corrected chi connectivity index (χ4v) is 2.56. The third-order valence-electron chi connectivity index (χ3n) is 2.55. The molecule has 0 spiro atoms. The molecule has 0 radical (unpaired) electrons. The van der Waals surface area contributed by atoms with Crippen LogP contribution in [0.1, 0.15) is 6.92 Å². The number of rotatable bonds is 11. The van der Waals surface area contributed by atoms with Gasteiger partial charge in [-0.15, -0.1) is 0 Å². The summed E-state index contributed by atoms with van der Waals surface area (Å²) in [7, 11) is 1.15. The van der Waals surface area contributed by atoms with Crippen LogP contribution in [0.3, 0.4) is 0 Å². The summed E-state index contributed by atoms with van der Waals surface area (Å²) in [6.07, 6.45) is -3.98. The van der Waals surface area contributed by atoms with Crippen LogP contribution in [0.4, 0.5) is 0 Å². The SMILES string of the molecule is CCOC(C(O)C(OC)C(O)C(N)=O)N(/C=C\C(N)=O)I=O. The average Bonchev–Trinajstić information content (AvgIpc) is 2.46. The van der Waals surface area contributed by atoms with Crippen molar-refractivity contribution in [3.05, 3.63) is 12.3 Å². The quantitative estimate of drug-likeness (QED) is 0.127. The summed E-state index contributed by atoms with van der Waals surface area (Å²) in [4.78, 5) is 21.8. The highest BCUT2D eigenvalue weighted by molar-refractivity contribution is 14.1. The maximum Gasteiger partial charge on any atom is 0.275 e. The maximum atomic E-state index is 11.3. The number of nitrogens with two attached hydrogens (primary N) is 2. The van der Waals surface area contributed by atoms with Crippen LogP contribution in [0.25, 0.3) is 0 Å². The summed E-state index contributed by atoms with van der Waals surface area (Å²) >= 11 is -1.89. The minimum absolute atomic E-state index is 0.121. The molecule has 0 aliphatic carbocycles. The van der Waals surface area contributed by atoms with Crippen LogP contribution in [-0.4, -0.2) is 63.4 Å². The van der Waals surface area contributed by atoms with E-state index in [9.17, 15) is 22.9 Å². The lowest BCUT2D eigenvalue weighted by Crippen LogP contribution is -2.53. The molecule has 6 N–H and O–H groups in total. The van der Waals surface area contributed by atoms with Crippen LogP contribution in [0.2, 0.25) is 0 Å². The molecular formula is C11H20IN3O7. The van der Waals surface area contributed by atoms with E-state index in [-0.39, 0.29) is 6.61 Å². The number of hydrogen-bond acceptors (Lipinski definition) is 7. The molecule has 0 bridgehead atoms. The molecule has 0 aliphatic rings. The number of halogens is 1. The third kappa shape index (κ3) is 6.31. The van der Waals surface area contributed by atoms with Crippen molar-refractivity contribution in [1.82, 2.24) is 3.11 Å². The van der Waals surface area contributed by atoms with Gasteiger partial charge >= 0.3 is 0 Å². The number of primary amides is 2. The summed E-state index contributed by atoms with van der Waals surface area (Å²) in [5, 5.41) is 19.9. The molecule has 0 saturated heterocycles. The molecule has 10 nitrogen and oxygen atoms in total. The summed E-state index contributed by atoms with van der Waals surface area (Å²) in [6.45, 7) is 1.74. The molecular weight excluding hydrogens is 413 g/mol. The van der Waals surface area contributed by atoms with Gasteiger partial charge in [-0.25, -0.2) is 3.07 Å². The van der Waals surface area contributed by atoms with Crippen molar-refractivity contribution in [2.75, 3.05) is 13.7 Å². The van der Waals surface area contributed by atoms with E-state index in [0.717, 1.165) is 22.5 Å². The van der Waals surface area contributed by atoms with E-state index in [0.29, 0.717) is 0 Å². The third-order valence-corrected chi connectivity index (χ3v) is 3.87. The highest BCUT2D eigenvalue weighted by Gasteiger charge is 2.38. The van der Waals surface area contributed by atoms with Gasteiger partial charge in [-0.2, -0.15) is 0 Å². The summed E-state index contributed by atoms with van der Waals surface area (Å²) in [5.74, 6) is -1.88. The smallest absolute Gasteiger partial charge is 0.275 e. The minimum Gasteiger partial charge on any atom is -0.386 e. The number of hydrogen-bond donors (Lipinski definition) is 4. The van der Waals surface area contributed by atoms with Crippen LogP contribution in [0.15, 0.2) is 12.3 Å². The Morgan fingerprint density at radius 3 is 2.32 bits per heavy atom. The van der Waals surface area contributed by atoms with Crippen molar-refractivity contribution in [2.24, 2.45) is 11.5 Å². The average molecular weight is 433 g/mol. The number of aliphatic hydroxyl groups is 2. The molecule has 0 fully saturated rings. The highest BCUT2D eigenvalue weighted by atomic mass is 127. The fourth-order valence-electron chi connectivity index (χ4n) is 1.56. The number of methoxy groups -OCH3 is 1. The minimum atomic E-state index is -1.89. The van der Waals surface area contributed by atoms with Crippen molar-refractivity contribution in [1.29, 1.82) is 0 Å². The second kappa shape index (κ2) is 10.6. The Bertz CT molecular complexity index is 420. The summed E-state index contributed by atoms with van der Waals surface area (Å²) < 4.78 is 22.5. The lowest BCUT2D eigenvalue weighted by Gasteiger charge is -2.33. The maximum absolute atomic E-state index is 11.3. The molecule has 128 valence electrons. The lowest BCUT2D eigenvalue weighted by atomic mass is 10.1. The molecule has 0 saturated carbocycles. The largest absolute Gasteiger partial charge is 0.386 e. The van der Waals surface area contributed by atoms with Crippen molar-refractivity contribution in [3.8, 4) is 0 Å². The van der Waals surface area contributed by atoms with Crippen molar-refractivity contribution in [2.45, 2.75) is 31.5 Å². The van der Waals surface area contributed by atoms with Gasteiger partial charge in [0.05, 0.1) is 0 Å². The Balaban J connectivity index is 5.37. The number of carbonyl (C=O) groups is 2. The number of carbonyl (C=O) groups excluding carboxylic acids is 2. The Labute approximate surface area is 138 Å². The molecule has 0 aliphatic heterocycles. The van der Waals surface area contributed by atoms with Crippen LogP contribution in [-0.2, 0) is 22.1 Å². The molecule has 0 aromatic heterocycles. The monoisotopic (exact) mass is 433 g/mol. The fraction of sp³-hybridized carbons (Fsp3) is 0.636. The van der Waals surface area contributed by atoms with Crippen molar-refractivity contribution < 1.29 is 32.3 Å². The standard InChI is InChI=1S/C11H20IN3O7/c1-3-22-11(15(12-20)5-4-6(13)16)8(18)9(21-2)7(17)10(14)19/h4-5,7-9,11,17-18H,3H2,1-2H3,(H2,13,16)(H2,14,19)/b5-4-. The first kappa shape index (κ1) is 20.9. The van der Waals surface area contributed by atoms with Crippen molar-refractivity contribution >= 4 is 33.3 Å². The Kier molecular flexibility index (Phi) is 10.0. The Morgan fingerprint density at radius 1 is 1.36 bits per heavy atom. The highest BCUT2D eigenvalue weighted by Crippen LogP contribution is 2.21. The molecule has 4 atom stereocenters. The van der Waals surface area contributed by atoms with Gasteiger partial charge in [0.1, 0.15) is 12.2 Å². The zero-order valence-corrected chi connectivity index (χ0v) is 14.2. The van der Waals surface area contributed by atoms with E-state index in [2.05, 4.69) is 0 Å². The first-order valence-corrected chi connectivity index (χ1v) is 7.97. The van der Waals surface area contributed by atoms with Gasteiger partial charge in [0.15, 0.2) is 12.3 Å². The van der Waals surface area contributed by atoms with Gasteiger partial charge in [0.2, 0.25) is 11.8 Å². The summed E-state index contributed by atoms with van der Waals surface area (Å²) in [6, 6.07) is 0. The van der Waals surface area contributed by atoms with Gasteiger partial charge in [-0.05, 0) is 6.92 Å². The van der Waals surface area contributed by atoms with E-state index in [1.807, 2.05) is 0 Å². The van der Waals surface area contributed by atoms with Crippen molar-refractivity contribution in [3.63, 3.8) is 0 Å². The number of ether oxygens (including phenoxy) is 2. The molecule has 4 unspecified atom stereocenters. The van der Waals surface area contributed by atoms with Gasteiger partial charge in [-0.1, -0.05) is 0 Å². The normalized spacial score (nSPS) is 16.9. The van der Waals surface area contributed by atoms with Gasteiger partial charge in [-0.3, -0.25) is 12.7 Å². The predicted octanol–water partition coefficient (Wildman–Crippen LogP) is -1.90. The van der Waals surface area contributed by atoms with Gasteiger partial charge < -0.3 is 31.2 Å². The van der Waals surface area contributed by atoms with E-state index < -0.39 is 57.8 Å². The number of nitrogens with zero attached hydrogens (tertiary/aromatic N) is 1. The molecule has 0 aromatic carbocycles. The summed E-state index contributed by atoms with van der Waals surface area (Å²) in [5.41, 5.74) is 9.92. The van der Waals surface area contributed by atoms with Crippen LogP contribution in [0, 0.1) is 0 Å². The number of aliphatic hydroxyl groups excluding tert-OH is 2. The Morgan fingerprint density at radius 2 is 1.95 bits per heavy atom. The number of amides is 2. The zero-order chi connectivity index (χ0) is 17.3. The van der Waals surface area contributed by atoms with E-state index in [4.69, 9.17) is 20.9 Å². The first-order chi connectivity index (χ1) is 10.3.